The summed E-state index contributed by atoms with van der Waals surface area (Å²) in [6.07, 6.45) is 1.69. The van der Waals surface area contributed by atoms with Crippen molar-refractivity contribution in [3.05, 3.63) is 56.9 Å². The molecule has 0 aliphatic carbocycles. The van der Waals surface area contributed by atoms with E-state index in [2.05, 4.69) is 15.5 Å². The molecule has 2 heterocycles. The number of thioether (sulfide) groups is 1. The van der Waals surface area contributed by atoms with Crippen molar-refractivity contribution in [1.82, 2.24) is 19.3 Å². The number of pyridine rings is 1. The standard InChI is InChI=1S/C17H15Cl2N5O2S/c1-23-8-10(3-6-15(23)26)16-21-22-17(24(16)2)27-9-14(25)20-11-4-5-12(18)13(19)7-11/h3-8H,9H2,1-2H3,(H,20,25). The predicted octanol–water partition coefficient (Wildman–Crippen LogP) is 3.22. The largest absolute Gasteiger partial charge is 0.325 e. The minimum atomic E-state index is -0.204. The molecule has 0 aliphatic heterocycles. The van der Waals surface area contributed by atoms with Gasteiger partial charge in [0.05, 0.1) is 15.8 Å². The second kappa shape index (κ2) is 8.16. The zero-order chi connectivity index (χ0) is 19.6. The normalized spacial score (nSPS) is 10.8. The van der Waals surface area contributed by atoms with Gasteiger partial charge in [-0.3, -0.25) is 9.59 Å². The molecule has 1 N–H and O–H groups in total. The van der Waals surface area contributed by atoms with Crippen LogP contribution >= 0.6 is 35.0 Å². The molecule has 0 saturated carbocycles. The highest BCUT2D eigenvalue weighted by molar-refractivity contribution is 7.99. The second-order valence-corrected chi connectivity index (χ2v) is 7.45. The van der Waals surface area contributed by atoms with Gasteiger partial charge >= 0.3 is 0 Å². The molecule has 10 heteroatoms. The summed E-state index contributed by atoms with van der Waals surface area (Å²) < 4.78 is 3.25. The summed E-state index contributed by atoms with van der Waals surface area (Å²) >= 11 is 13.1. The Kier molecular flexibility index (Phi) is 5.88. The Hall–Kier alpha value is -2.29. The summed E-state index contributed by atoms with van der Waals surface area (Å²) in [5.74, 6) is 0.558. The Bertz CT molecular complexity index is 1060. The van der Waals surface area contributed by atoms with Crippen LogP contribution in [0.2, 0.25) is 10.0 Å². The van der Waals surface area contributed by atoms with Gasteiger partial charge in [-0.25, -0.2) is 0 Å². The van der Waals surface area contributed by atoms with Crippen LogP contribution in [-0.2, 0) is 18.9 Å². The van der Waals surface area contributed by atoms with Crippen molar-refractivity contribution in [1.29, 1.82) is 0 Å². The summed E-state index contributed by atoms with van der Waals surface area (Å²) in [4.78, 5) is 23.7. The molecular weight excluding hydrogens is 409 g/mol. The second-order valence-electron chi connectivity index (χ2n) is 5.70. The molecule has 7 nitrogen and oxygen atoms in total. The van der Waals surface area contributed by atoms with Crippen LogP contribution in [0.3, 0.4) is 0 Å². The van der Waals surface area contributed by atoms with Crippen molar-refractivity contribution in [3.8, 4) is 11.4 Å². The highest BCUT2D eigenvalue weighted by Crippen LogP contribution is 2.26. The van der Waals surface area contributed by atoms with Gasteiger partial charge in [-0.15, -0.1) is 10.2 Å². The average molecular weight is 424 g/mol. The summed E-state index contributed by atoms with van der Waals surface area (Å²) in [7, 11) is 3.48. The van der Waals surface area contributed by atoms with Gasteiger partial charge in [0, 0.05) is 37.6 Å². The van der Waals surface area contributed by atoms with Gasteiger partial charge in [-0.05, 0) is 24.3 Å². The molecular formula is C17H15Cl2N5O2S. The molecule has 27 heavy (non-hydrogen) atoms. The van der Waals surface area contributed by atoms with Crippen molar-refractivity contribution >= 4 is 46.6 Å². The third-order valence-corrected chi connectivity index (χ3v) is 5.47. The lowest BCUT2D eigenvalue weighted by atomic mass is 10.2. The Morgan fingerprint density at radius 2 is 1.93 bits per heavy atom. The topological polar surface area (TPSA) is 81.8 Å². The molecule has 0 atom stereocenters. The Balaban J connectivity index is 1.67. The zero-order valence-corrected chi connectivity index (χ0v) is 16.8. The summed E-state index contributed by atoms with van der Waals surface area (Å²) in [5, 5.41) is 12.4. The van der Waals surface area contributed by atoms with Crippen LogP contribution in [0, 0.1) is 0 Å². The van der Waals surface area contributed by atoms with Gasteiger partial charge < -0.3 is 14.5 Å². The first-order valence-electron chi connectivity index (χ1n) is 7.79. The lowest BCUT2D eigenvalue weighted by Crippen LogP contribution is -2.15. The van der Waals surface area contributed by atoms with E-state index in [1.165, 1.54) is 22.4 Å². The quantitative estimate of drug-likeness (QED) is 0.637. The van der Waals surface area contributed by atoms with Crippen molar-refractivity contribution in [2.24, 2.45) is 14.1 Å². The van der Waals surface area contributed by atoms with Gasteiger partial charge in [0.2, 0.25) is 11.5 Å². The maximum Gasteiger partial charge on any atom is 0.250 e. The van der Waals surface area contributed by atoms with Gasteiger partial charge in [-0.2, -0.15) is 0 Å². The number of anilines is 1. The first kappa shape index (κ1) is 19.5. The van der Waals surface area contributed by atoms with Gasteiger partial charge in [0.1, 0.15) is 0 Å². The third-order valence-electron chi connectivity index (χ3n) is 3.71. The molecule has 3 aromatic rings. The minimum Gasteiger partial charge on any atom is -0.325 e. The molecule has 2 aromatic heterocycles. The van der Waals surface area contributed by atoms with Gasteiger partial charge in [0.15, 0.2) is 11.0 Å². The summed E-state index contributed by atoms with van der Waals surface area (Å²) in [6, 6.07) is 8.05. The lowest BCUT2D eigenvalue weighted by Gasteiger charge is -2.07. The molecule has 0 bridgehead atoms. The number of carbonyl (C=O) groups excluding carboxylic acids is 1. The number of rotatable bonds is 5. The average Bonchev–Trinajstić information content (AvgIpc) is 2.99. The highest BCUT2D eigenvalue weighted by Gasteiger charge is 2.14. The number of nitrogens with one attached hydrogen (secondary N) is 1. The molecule has 140 valence electrons. The summed E-state index contributed by atoms with van der Waals surface area (Å²) in [6.45, 7) is 0. The van der Waals surface area contributed by atoms with Crippen LogP contribution in [-0.4, -0.2) is 31.0 Å². The number of aryl methyl sites for hydroxylation is 1. The number of amides is 1. The van der Waals surface area contributed by atoms with Gasteiger partial charge in [-0.1, -0.05) is 35.0 Å². The number of benzene rings is 1. The zero-order valence-electron chi connectivity index (χ0n) is 14.4. The SMILES string of the molecule is Cn1c(SCC(=O)Nc2ccc(Cl)c(Cl)c2)nnc1-c1ccc(=O)n(C)c1. The van der Waals surface area contributed by atoms with E-state index in [1.807, 2.05) is 0 Å². The van der Waals surface area contributed by atoms with E-state index >= 15 is 0 Å². The first-order chi connectivity index (χ1) is 12.8. The molecule has 0 saturated heterocycles. The van der Waals surface area contributed by atoms with E-state index in [-0.39, 0.29) is 17.2 Å². The molecule has 0 radical (unpaired) electrons. The Morgan fingerprint density at radius 1 is 1.15 bits per heavy atom. The lowest BCUT2D eigenvalue weighted by molar-refractivity contribution is -0.113. The number of carbonyl (C=O) groups is 1. The molecule has 0 fully saturated rings. The third kappa shape index (κ3) is 4.52. The van der Waals surface area contributed by atoms with Crippen LogP contribution in [0.25, 0.3) is 11.4 Å². The van der Waals surface area contributed by atoms with E-state index in [9.17, 15) is 9.59 Å². The van der Waals surface area contributed by atoms with E-state index in [0.717, 1.165) is 5.56 Å². The van der Waals surface area contributed by atoms with E-state index in [1.54, 1.807) is 49.1 Å². The number of hydrogen-bond acceptors (Lipinski definition) is 5. The first-order valence-corrected chi connectivity index (χ1v) is 9.53. The van der Waals surface area contributed by atoms with Crippen LogP contribution < -0.4 is 10.9 Å². The fourth-order valence-electron chi connectivity index (χ4n) is 2.32. The smallest absolute Gasteiger partial charge is 0.250 e. The number of halogens is 2. The van der Waals surface area contributed by atoms with Crippen molar-refractivity contribution in [3.63, 3.8) is 0 Å². The Morgan fingerprint density at radius 3 is 2.63 bits per heavy atom. The number of hydrogen-bond donors (Lipinski definition) is 1. The Labute approximate surface area is 169 Å². The van der Waals surface area contributed by atoms with Crippen LogP contribution in [0.5, 0.6) is 0 Å². The van der Waals surface area contributed by atoms with Crippen molar-refractivity contribution < 1.29 is 4.79 Å². The molecule has 0 unspecified atom stereocenters. The minimum absolute atomic E-state index is 0.102. The van der Waals surface area contributed by atoms with Gasteiger partial charge in [0.25, 0.3) is 0 Å². The predicted molar refractivity (Wildman–Crippen MR) is 107 cm³/mol. The fraction of sp³-hybridized carbons (Fsp3) is 0.176. The van der Waals surface area contributed by atoms with E-state index in [4.69, 9.17) is 23.2 Å². The van der Waals surface area contributed by atoms with Crippen LogP contribution in [0.15, 0.2) is 46.5 Å². The molecule has 0 spiro atoms. The van der Waals surface area contributed by atoms with Crippen molar-refractivity contribution in [2.45, 2.75) is 5.16 Å². The van der Waals surface area contributed by atoms with Crippen LogP contribution in [0.4, 0.5) is 5.69 Å². The fourth-order valence-corrected chi connectivity index (χ4v) is 3.33. The van der Waals surface area contributed by atoms with E-state index < -0.39 is 0 Å². The molecule has 1 amide bonds. The molecule has 3 rings (SSSR count). The van der Waals surface area contributed by atoms with Crippen molar-refractivity contribution in [2.75, 3.05) is 11.1 Å². The maximum atomic E-state index is 12.1. The highest BCUT2D eigenvalue weighted by atomic mass is 35.5. The van der Waals surface area contributed by atoms with Crippen LogP contribution in [0.1, 0.15) is 0 Å². The summed E-state index contributed by atoms with van der Waals surface area (Å²) in [5.41, 5.74) is 1.23. The maximum absolute atomic E-state index is 12.1. The monoisotopic (exact) mass is 423 g/mol. The van der Waals surface area contributed by atoms with E-state index in [0.29, 0.717) is 26.7 Å². The number of aromatic nitrogens is 4. The number of nitrogens with zero attached hydrogens (tertiary/aromatic N) is 4. The molecule has 1 aromatic carbocycles. The molecule has 0 aliphatic rings.